The molecule has 2 fully saturated rings. The Morgan fingerprint density at radius 2 is 2.14 bits per heavy atom. The first-order valence-corrected chi connectivity index (χ1v) is 10.9. The first-order valence-electron chi connectivity index (χ1n) is 10.1. The van der Waals surface area contributed by atoms with Gasteiger partial charge in [-0.1, -0.05) is 31.9 Å². The highest BCUT2D eigenvalue weighted by Gasteiger charge is 2.34. The number of ether oxygens (including phenoxy) is 2. The van der Waals surface area contributed by atoms with Gasteiger partial charge in [-0.15, -0.1) is 11.3 Å². The van der Waals surface area contributed by atoms with Crippen LogP contribution in [0.1, 0.15) is 53.7 Å². The molecule has 1 saturated heterocycles. The summed E-state index contributed by atoms with van der Waals surface area (Å²) in [4.78, 5) is 19.6. The maximum absolute atomic E-state index is 13.2. The normalized spacial score (nSPS) is 18.6. The van der Waals surface area contributed by atoms with Gasteiger partial charge < -0.3 is 14.4 Å². The SMILES string of the molecule is Cc1nc(C(=O)N(Cc2cccc(OCC3(C)COC3)c2)C2CCCC2)cs1. The van der Waals surface area contributed by atoms with Gasteiger partial charge in [0.05, 0.1) is 24.8 Å². The molecule has 0 atom stereocenters. The molecule has 1 aromatic heterocycles. The van der Waals surface area contributed by atoms with Crippen LogP contribution in [0.5, 0.6) is 5.75 Å². The number of hydrogen-bond acceptors (Lipinski definition) is 5. The van der Waals surface area contributed by atoms with Crippen molar-refractivity contribution in [3.63, 3.8) is 0 Å². The smallest absolute Gasteiger partial charge is 0.273 e. The Labute approximate surface area is 170 Å². The molecule has 0 spiro atoms. The van der Waals surface area contributed by atoms with Gasteiger partial charge in [0.25, 0.3) is 5.91 Å². The van der Waals surface area contributed by atoms with Crippen molar-refractivity contribution in [3.05, 3.63) is 45.9 Å². The van der Waals surface area contributed by atoms with E-state index in [1.54, 1.807) is 0 Å². The van der Waals surface area contributed by atoms with Crippen LogP contribution >= 0.6 is 11.3 Å². The number of carbonyl (C=O) groups excluding carboxylic acids is 1. The van der Waals surface area contributed by atoms with E-state index in [9.17, 15) is 4.79 Å². The van der Waals surface area contributed by atoms with Crippen LogP contribution in [-0.2, 0) is 11.3 Å². The van der Waals surface area contributed by atoms with E-state index in [1.165, 1.54) is 24.2 Å². The van der Waals surface area contributed by atoms with Crippen molar-refractivity contribution >= 4 is 17.2 Å². The zero-order valence-corrected chi connectivity index (χ0v) is 17.5. The molecule has 0 bridgehead atoms. The van der Waals surface area contributed by atoms with Crippen LogP contribution in [0.25, 0.3) is 0 Å². The molecular weight excluding hydrogens is 372 g/mol. The number of benzene rings is 1. The van der Waals surface area contributed by atoms with Crippen molar-refractivity contribution in [2.75, 3.05) is 19.8 Å². The molecule has 1 amide bonds. The summed E-state index contributed by atoms with van der Waals surface area (Å²) in [6, 6.07) is 8.42. The van der Waals surface area contributed by atoms with Gasteiger partial charge in [-0.3, -0.25) is 4.79 Å². The highest BCUT2D eigenvalue weighted by atomic mass is 32.1. The Morgan fingerprint density at radius 3 is 2.79 bits per heavy atom. The molecule has 0 N–H and O–H groups in total. The lowest BCUT2D eigenvalue weighted by molar-refractivity contribution is -0.120. The summed E-state index contributed by atoms with van der Waals surface area (Å²) in [6.45, 7) is 6.87. The zero-order chi connectivity index (χ0) is 19.6. The molecule has 1 saturated carbocycles. The van der Waals surface area contributed by atoms with E-state index in [1.807, 2.05) is 29.3 Å². The molecule has 2 heterocycles. The maximum atomic E-state index is 13.2. The summed E-state index contributed by atoms with van der Waals surface area (Å²) in [5.74, 6) is 0.899. The highest BCUT2D eigenvalue weighted by Crippen LogP contribution is 2.29. The van der Waals surface area contributed by atoms with Crippen molar-refractivity contribution in [1.82, 2.24) is 9.88 Å². The third-order valence-electron chi connectivity index (χ3n) is 5.60. The molecule has 6 heteroatoms. The Morgan fingerprint density at radius 1 is 1.36 bits per heavy atom. The summed E-state index contributed by atoms with van der Waals surface area (Å²) in [6.07, 6.45) is 4.52. The topological polar surface area (TPSA) is 51.7 Å². The van der Waals surface area contributed by atoms with Crippen molar-refractivity contribution in [3.8, 4) is 5.75 Å². The minimum Gasteiger partial charge on any atom is -0.493 e. The lowest BCUT2D eigenvalue weighted by Crippen LogP contribution is -2.44. The highest BCUT2D eigenvalue weighted by molar-refractivity contribution is 7.09. The molecule has 0 unspecified atom stereocenters. The van der Waals surface area contributed by atoms with E-state index in [4.69, 9.17) is 9.47 Å². The first kappa shape index (κ1) is 19.4. The maximum Gasteiger partial charge on any atom is 0.273 e. The van der Waals surface area contributed by atoms with Gasteiger partial charge in [0, 0.05) is 23.4 Å². The van der Waals surface area contributed by atoms with Crippen molar-refractivity contribution in [2.45, 2.75) is 52.1 Å². The number of hydrogen-bond donors (Lipinski definition) is 0. The van der Waals surface area contributed by atoms with Gasteiger partial charge in [-0.2, -0.15) is 0 Å². The lowest BCUT2D eigenvalue weighted by atomic mass is 9.90. The van der Waals surface area contributed by atoms with E-state index in [-0.39, 0.29) is 11.3 Å². The summed E-state index contributed by atoms with van der Waals surface area (Å²) in [5, 5.41) is 2.80. The molecule has 5 nitrogen and oxygen atoms in total. The van der Waals surface area contributed by atoms with Gasteiger partial charge in [0.15, 0.2) is 0 Å². The molecule has 1 aliphatic carbocycles. The number of amides is 1. The Kier molecular flexibility index (Phi) is 5.69. The second-order valence-electron chi connectivity index (χ2n) is 8.36. The number of aryl methyl sites for hydroxylation is 1. The molecular formula is C22H28N2O3S. The molecule has 4 rings (SSSR count). The number of aromatic nitrogens is 1. The number of carbonyl (C=O) groups is 1. The average molecular weight is 401 g/mol. The monoisotopic (exact) mass is 400 g/mol. The quantitative estimate of drug-likeness (QED) is 0.689. The van der Waals surface area contributed by atoms with E-state index in [0.717, 1.165) is 42.4 Å². The van der Waals surface area contributed by atoms with Crippen molar-refractivity contribution in [1.29, 1.82) is 0 Å². The Bertz CT molecular complexity index is 825. The Balaban J connectivity index is 1.48. The largest absolute Gasteiger partial charge is 0.493 e. The summed E-state index contributed by atoms with van der Waals surface area (Å²) in [7, 11) is 0. The van der Waals surface area contributed by atoms with E-state index < -0.39 is 0 Å². The standard InChI is InChI=1S/C22H28N2O3S/c1-16-23-20(12-28-16)21(25)24(18-7-3-4-8-18)11-17-6-5-9-19(10-17)27-15-22(2)13-26-14-22/h5-6,9-10,12,18H,3-4,7-8,11,13-15H2,1-2H3. The molecule has 2 aliphatic rings. The van der Waals surface area contributed by atoms with E-state index in [2.05, 4.69) is 24.0 Å². The van der Waals surface area contributed by atoms with Gasteiger partial charge in [-0.05, 0) is 37.5 Å². The second kappa shape index (κ2) is 8.21. The van der Waals surface area contributed by atoms with Gasteiger partial charge in [-0.25, -0.2) is 4.98 Å². The summed E-state index contributed by atoms with van der Waals surface area (Å²) < 4.78 is 11.3. The van der Waals surface area contributed by atoms with Crippen LogP contribution in [0.3, 0.4) is 0 Å². The minimum absolute atomic E-state index is 0.0432. The predicted octanol–water partition coefficient (Wildman–Crippen LogP) is 4.45. The molecule has 1 aliphatic heterocycles. The van der Waals surface area contributed by atoms with E-state index in [0.29, 0.717) is 24.9 Å². The van der Waals surface area contributed by atoms with Crippen molar-refractivity contribution in [2.24, 2.45) is 5.41 Å². The number of rotatable bonds is 7. The van der Waals surface area contributed by atoms with Crippen LogP contribution in [-0.4, -0.2) is 41.7 Å². The fourth-order valence-corrected chi connectivity index (χ4v) is 4.50. The molecule has 150 valence electrons. The van der Waals surface area contributed by atoms with Crippen molar-refractivity contribution < 1.29 is 14.3 Å². The van der Waals surface area contributed by atoms with Gasteiger partial charge in [0.2, 0.25) is 0 Å². The summed E-state index contributed by atoms with van der Waals surface area (Å²) in [5.41, 5.74) is 1.78. The fraction of sp³-hybridized carbons (Fsp3) is 0.545. The van der Waals surface area contributed by atoms with Gasteiger partial charge in [0.1, 0.15) is 11.4 Å². The molecule has 1 aromatic carbocycles. The second-order valence-corrected chi connectivity index (χ2v) is 9.42. The molecule has 0 radical (unpaired) electrons. The average Bonchev–Trinajstić information content (AvgIpc) is 3.34. The Hall–Kier alpha value is -1.92. The summed E-state index contributed by atoms with van der Waals surface area (Å²) >= 11 is 1.53. The van der Waals surface area contributed by atoms with Crippen LogP contribution in [0.2, 0.25) is 0 Å². The van der Waals surface area contributed by atoms with E-state index >= 15 is 0 Å². The van der Waals surface area contributed by atoms with Crippen LogP contribution in [0.4, 0.5) is 0 Å². The number of thiazole rings is 1. The van der Waals surface area contributed by atoms with Crippen LogP contribution in [0, 0.1) is 12.3 Å². The number of nitrogens with zero attached hydrogens (tertiary/aromatic N) is 2. The minimum atomic E-state index is 0.0432. The molecule has 2 aromatic rings. The third kappa shape index (κ3) is 4.39. The lowest BCUT2D eigenvalue weighted by Gasteiger charge is -2.37. The first-order chi connectivity index (χ1) is 13.5. The fourth-order valence-electron chi connectivity index (χ4n) is 3.91. The third-order valence-corrected chi connectivity index (χ3v) is 6.38. The molecule has 28 heavy (non-hydrogen) atoms. The van der Waals surface area contributed by atoms with Crippen LogP contribution < -0.4 is 4.74 Å². The van der Waals surface area contributed by atoms with Crippen LogP contribution in [0.15, 0.2) is 29.6 Å². The van der Waals surface area contributed by atoms with Gasteiger partial charge >= 0.3 is 0 Å². The predicted molar refractivity (Wildman–Crippen MR) is 110 cm³/mol. The zero-order valence-electron chi connectivity index (χ0n) is 16.6.